The molecule has 0 aromatic carbocycles. The normalized spacial score (nSPS) is 21.6. The summed E-state index contributed by atoms with van der Waals surface area (Å²) in [7, 11) is 0. The number of nitrogens with two attached hydrogens (primary N) is 1. The molecule has 0 radical (unpaired) electrons. The van der Waals surface area contributed by atoms with Crippen LogP contribution in [0.4, 0.5) is 10.1 Å². The molecule has 2 rings (SSSR count). The summed E-state index contributed by atoms with van der Waals surface area (Å²) < 4.78 is 13.1. The second-order valence-corrected chi connectivity index (χ2v) is 3.82. The van der Waals surface area contributed by atoms with Gasteiger partial charge in [-0.25, -0.2) is 9.37 Å². The van der Waals surface area contributed by atoms with E-state index in [4.69, 9.17) is 17.3 Å². The summed E-state index contributed by atoms with van der Waals surface area (Å²) in [4.78, 5) is 5.77. The van der Waals surface area contributed by atoms with Crippen molar-refractivity contribution in [3.63, 3.8) is 0 Å². The molecule has 0 saturated carbocycles. The lowest BCUT2D eigenvalue weighted by Gasteiger charge is -2.17. The number of hydrogen-bond donors (Lipinski definition) is 1. The van der Waals surface area contributed by atoms with Gasteiger partial charge in [-0.2, -0.15) is 0 Å². The molecule has 1 aromatic heterocycles. The van der Waals surface area contributed by atoms with E-state index in [9.17, 15) is 4.39 Å². The van der Waals surface area contributed by atoms with Crippen LogP contribution in [0.15, 0.2) is 12.3 Å². The molecule has 1 atom stereocenters. The van der Waals surface area contributed by atoms with E-state index in [1.54, 1.807) is 6.20 Å². The Bertz CT molecular complexity index is 345. The fourth-order valence-electron chi connectivity index (χ4n) is 1.61. The number of anilines is 1. The van der Waals surface area contributed by atoms with Crippen LogP contribution >= 0.6 is 11.6 Å². The molecule has 0 unspecified atom stereocenters. The van der Waals surface area contributed by atoms with E-state index in [0.717, 1.165) is 25.2 Å². The third-order valence-corrected chi connectivity index (χ3v) is 2.65. The number of halogens is 2. The first-order valence-corrected chi connectivity index (χ1v) is 4.86. The Morgan fingerprint density at radius 3 is 3.00 bits per heavy atom. The molecule has 2 heterocycles. The van der Waals surface area contributed by atoms with Crippen LogP contribution in [0.3, 0.4) is 0 Å². The molecular weight excluding hydrogens is 205 g/mol. The molecule has 1 saturated heterocycles. The SMILES string of the molecule is N[C@H]1CCN(c2cnc(Cl)c(F)c2)C1. The summed E-state index contributed by atoms with van der Waals surface area (Å²) in [5.41, 5.74) is 6.50. The monoisotopic (exact) mass is 215 g/mol. The van der Waals surface area contributed by atoms with E-state index < -0.39 is 5.82 Å². The van der Waals surface area contributed by atoms with Crippen molar-refractivity contribution in [2.45, 2.75) is 12.5 Å². The Balaban J connectivity index is 2.20. The Kier molecular flexibility index (Phi) is 2.56. The number of nitrogens with zero attached hydrogens (tertiary/aromatic N) is 2. The molecular formula is C9H11ClFN3. The van der Waals surface area contributed by atoms with Crippen LogP contribution in [0.1, 0.15) is 6.42 Å². The first-order chi connectivity index (χ1) is 6.66. The average Bonchev–Trinajstić information content (AvgIpc) is 2.57. The summed E-state index contributed by atoms with van der Waals surface area (Å²) >= 11 is 5.49. The average molecular weight is 216 g/mol. The van der Waals surface area contributed by atoms with Gasteiger partial charge < -0.3 is 10.6 Å². The zero-order chi connectivity index (χ0) is 10.1. The lowest BCUT2D eigenvalue weighted by Crippen LogP contribution is -2.26. The van der Waals surface area contributed by atoms with Crippen LogP contribution in [-0.4, -0.2) is 24.1 Å². The molecule has 2 N–H and O–H groups in total. The Morgan fingerprint density at radius 2 is 2.43 bits per heavy atom. The van der Waals surface area contributed by atoms with Crippen molar-refractivity contribution >= 4 is 17.3 Å². The molecule has 76 valence electrons. The maximum Gasteiger partial charge on any atom is 0.164 e. The number of pyridine rings is 1. The molecule has 1 aliphatic rings. The summed E-state index contributed by atoms with van der Waals surface area (Å²) in [5, 5.41) is -0.0859. The molecule has 5 heteroatoms. The molecule has 14 heavy (non-hydrogen) atoms. The van der Waals surface area contributed by atoms with Gasteiger partial charge in [-0.1, -0.05) is 11.6 Å². The summed E-state index contributed by atoms with van der Waals surface area (Å²) in [6.45, 7) is 1.60. The van der Waals surface area contributed by atoms with Crippen LogP contribution in [0, 0.1) is 5.82 Å². The Morgan fingerprint density at radius 1 is 1.64 bits per heavy atom. The lowest BCUT2D eigenvalue weighted by molar-refractivity contribution is 0.621. The van der Waals surface area contributed by atoms with Gasteiger partial charge in [0.25, 0.3) is 0 Å². The fraction of sp³-hybridized carbons (Fsp3) is 0.444. The highest BCUT2D eigenvalue weighted by Gasteiger charge is 2.20. The van der Waals surface area contributed by atoms with Gasteiger partial charge in [0.1, 0.15) is 0 Å². The Labute approximate surface area is 86.7 Å². The van der Waals surface area contributed by atoms with Gasteiger partial charge in [-0.3, -0.25) is 0 Å². The highest BCUT2D eigenvalue weighted by Crippen LogP contribution is 2.22. The standard InChI is InChI=1S/C9H11ClFN3/c10-9-8(11)3-7(4-13-9)14-2-1-6(12)5-14/h3-4,6H,1-2,5,12H2/t6-/m0/s1. The largest absolute Gasteiger partial charge is 0.369 e. The van der Waals surface area contributed by atoms with E-state index in [2.05, 4.69) is 4.98 Å². The maximum atomic E-state index is 13.1. The highest BCUT2D eigenvalue weighted by molar-refractivity contribution is 6.29. The van der Waals surface area contributed by atoms with Crippen molar-refractivity contribution < 1.29 is 4.39 Å². The minimum Gasteiger partial charge on any atom is -0.369 e. The number of rotatable bonds is 1. The van der Waals surface area contributed by atoms with Gasteiger partial charge >= 0.3 is 0 Å². The minimum atomic E-state index is -0.482. The van der Waals surface area contributed by atoms with Gasteiger partial charge in [0, 0.05) is 25.2 Å². The van der Waals surface area contributed by atoms with Crippen molar-refractivity contribution in [3.05, 3.63) is 23.2 Å². The van der Waals surface area contributed by atoms with Crippen molar-refractivity contribution in [1.29, 1.82) is 0 Å². The van der Waals surface area contributed by atoms with Gasteiger partial charge in [0.2, 0.25) is 0 Å². The third kappa shape index (κ3) is 1.81. The molecule has 0 aliphatic carbocycles. The van der Waals surface area contributed by atoms with Crippen LogP contribution < -0.4 is 10.6 Å². The molecule has 0 spiro atoms. The van der Waals surface area contributed by atoms with Crippen LogP contribution in [0.25, 0.3) is 0 Å². The van der Waals surface area contributed by atoms with E-state index in [0.29, 0.717) is 0 Å². The van der Waals surface area contributed by atoms with Crippen molar-refractivity contribution in [2.75, 3.05) is 18.0 Å². The zero-order valence-electron chi connectivity index (χ0n) is 7.58. The Hall–Kier alpha value is -0.870. The summed E-state index contributed by atoms with van der Waals surface area (Å²) in [6.07, 6.45) is 2.51. The van der Waals surface area contributed by atoms with E-state index >= 15 is 0 Å². The van der Waals surface area contributed by atoms with E-state index in [1.807, 2.05) is 4.90 Å². The van der Waals surface area contributed by atoms with Gasteiger partial charge in [0.15, 0.2) is 11.0 Å². The van der Waals surface area contributed by atoms with Crippen molar-refractivity contribution in [2.24, 2.45) is 5.73 Å². The van der Waals surface area contributed by atoms with Gasteiger partial charge in [0.05, 0.1) is 11.9 Å². The van der Waals surface area contributed by atoms with Crippen LogP contribution in [0.2, 0.25) is 5.15 Å². The van der Waals surface area contributed by atoms with Crippen LogP contribution in [-0.2, 0) is 0 Å². The quantitative estimate of drug-likeness (QED) is 0.721. The molecule has 1 fully saturated rings. The number of hydrogen-bond acceptors (Lipinski definition) is 3. The van der Waals surface area contributed by atoms with E-state index in [1.165, 1.54) is 6.07 Å². The second-order valence-electron chi connectivity index (χ2n) is 3.46. The zero-order valence-corrected chi connectivity index (χ0v) is 8.34. The lowest BCUT2D eigenvalue weighted by atomic mass is 10.3. The smallest absolute Gasteiger partial charge is 0.164 e. The molecule has 1 aromatic rings. The molecule has 3 nitrogen and oxygen atoms in total. The predicted octanol–water partition coefficient (Wildman–Crippen LogP) is 1.41. The predicted molar refractivity (Wildman–Crippen MR) is 54.0 cm³/mol. The van der Waals surface area contributed by atoms with Crippen molar-refractivity contribution in [3.8, 4) is 0 Å². The molecule has 0 bridgehead atoms. The topological polar surface area (TPSA) is 42.1 Å². The maximum absolute atomic E-state index is 13.1. The minimum absolute atomic E-state index is 0.0859. The van der Waals surface area contributed by atoms with E-state index in [-0.39, 0.29) is 11.2 Å². The second kappa shape index (κ2) is 3.71. The fourth-order valence-corrected chi connectivity index (χ4v) is 1.71. The molecule has 1 aliphatic heterocycles. The highest BCUT2D eigenvalue weighted by atomic mass is 35.5. The van der Waals surface area contributed by atoms with Crippen LogP contribution in [0.5, 0.6) is 0 Å². The van der Waals surface area contributed by atoms with Gasteiger partial charge in [-0.15, -0.1) is 0 Å². The first kappa shape index (κ1) is 9.68. The molecule has 0 amide bonds. The summed E-state index contributed by atoms with van der Waals surface area (Å²) in [6, 6.07) is 1.57. The van der Waals surface area contributed by atoms with Crippen molar-refractivity contribution in [1.82, 2.24) is 4.98 Å². The number of aromatic nitrogens is 1. The first-order valence-electron chi connectivity index (χ1n) is 4.48. The third-order valence-electron chi connectivity index (χ3n) is 2.37. The van der Waals surface area contributed by atoms with Gasteiger partial charge in [-0.05, 0) is 6.42 Å². The summed E-state index contributed by atoms with van der Waals surface area (Å²) in [5.74, 6) is -0.482.